The Labute approximate surface area is 302 Å². The first kappa shape index (κ1) is 38.7. The van der Waals surface area contributed by atoms with Gasteiger partial charge in [-0.1, -0.05) is 67.6 Å². The van der Waals surface area contributed by atoms with Crippen molar-refractivity contribution in [2.45, 2.75) is 58.7 Å². The zero-order valence-corrected chi connectivity index (χ0v) is 29.4. The summed E-state index contributed by atoms with van der Waals surface area (Å²) in [5.74, 6) is -2.54. The van der Waals surface area contributed by atoms with Gasteiger partial charge in [-0.05, 0) is 48.9 Å². The Bertz CT molecular complexity index is 1800. The predicted molar refractivity (Wildman–Crippen MR) is 186 cm³/mol. The lowest BCUT2D eigenvalue weighted by atomic mass is 9.98. The molecule has 0 bridgehead atoms. The number of hydrogen-bond acceptors (Lipinski definition) is 9. The van der Waals surface area contributed by atoms with E-state index in [-0.39, 0.29) is 48.9 Å². The van der Waals surface area contributed by atoms with Crippen molar-refractivity contribution < 1.29 is 52.1 Å². The van der Waals surface area contributed by atoms with Gasteiger partial charge in [0.1, 0.15) is 17.7 Å². The Morgan fingerprint density at radius 2 is 1.25 bits per heavy atom. The van der Waals surface area contributed by atoms with Gasteiger partial charge in [0.15, 0.2) is 30.8 Å². The predicted octanol–water partition coefficient (Wildman–Crippen LogP) is 3.47. The van der Waals surface area contributed by atoms with Gasteiger partial charge in [0.2, 0.25) is 0 Å². The monoisotopic (exact) mass is 712 g/mol. The quantitative estimate of drug-likeness (QED) is 0.0952. The smallest absolute Gasteiger partial charge is 0.412 e. The van der Waals surface area contributed by atoms with Crippen molar-refractivity contribution in [3.8, 4) is 0 Å². The van der Waals surface area contributed by atoms with E-state index in [0.29, 0.717) is 6.42 Å². The molecule has 2 N–H and O–H groups in total. The third kappa shape index (κ3) is 13.0. The van der Waals surface area contributed by atoms with E-state index >= 15 is 0 Å². The summed E-state index contributed by atoms with van der Waals surface area (Å²) in [4.78, 5) is 63.3. The summed E-state index contributed by atoms with van der Waals surface area (Å²) in [6.45, 7) is 3.04. The van der Waals surface area contributed by atoms with Crippen LogP contribution in [-0.2, 0) is 54.8 Å². The molecule has 0 aliphatic rings. The number of hydrogen-bond donors (Lipinski definition) is 2. The van der Waals surface area contributed by atoms with Gasteiger partial charge in [0.05, 0.1) is 7.11 Å². The third-order valence-corrected chi connectivity index (χ3v) is 7.80. The van der Waals surface area contributed by atoms with Crippen LogP contribution in [-0.4, -0.2) is 55.7 Å². The minimum Gasteiger partial charge on any atom is -0.467 e. The molecule has 0 fully saturated rings. The Morgan fingerprint density at radius 3 is 1.88 bits per heavy atom. The van der Waals surface area contributed by atoms with Crippen LogP contribution in [0.1, 0.15) is 52.1 Å². The molecule has 2 aromatic heterocycles. The average molecular weight is 713 g/mol. The van der Waals surface area contributed by atoms with Gasteiger partial charge in [-0.3, -0.25) is 9.59 Å². The van der Waals surface area contributed by atoms with Gasteiger partial charge in [-0.15, -0.1) is 0 Å². The van der Waals surface area contributed by atoms with E-state index in [1.54, 1.807) is 24.5 Å². The van der Waals surface area contributed by atoms with Gasteiger partial charge in [-0.2, -0.15) is 9.13 Å². The second kappa shape index (κ2) is 19.9. The van der Waals surface area contributed by atoms with E-state index in [1.165, 1.54) is 33.7 Å². The van der Waals surface area contributed by atoms with Crippen molar-refractivity contribution in [2.24, 2.45) is 5.92 Å². The highest BCUT2D eigenvalue weighted by molar-refractivity contribution is 5.96. The molecule has 0 unspecified atom stereocenters. The highest BCUT2D eigenvalue weighted by atomic mass is 16.6. The summed E-state index contributed by atoms with van der Waals surface area (Å²) in [7, 11) is 1.15. The molecule has 0 radical (unpaired) electrons. The molecule has 13 heteroatoms. The number of amides is 2. The molecule has 2 heterocycles. The Kier molecular flexibility index (Phi) is 14.8. The number of carbonyl (C=O) groups is 5. The number of rotatable bonds is 17. The normalized spacial score (nSPS) is 12.4. The summed E-state index contributed by atoms with van der Waals surface area (Å²) in [5.41, 5.74) is 2.50. The number of nitrogens with zero attached hydrogens (tertiary/aromatic N) is 2. The first-order valence-electron chi connectivity index (χ1n) is 16.8. The zero-order valence-electron chi connectivity index (χ0n) is 29.4. The molecule has 0 spiro atoms. The highest BCUT2D eigenvalue weighted by Gasteiger charge is 2.26. The number of benzene rings is 2. The maximum absolute atomic E-state index is 13.1. The molecule has 2 amide bonds. The van der Waals surface area contributed by atoms with Gasteiger partial charge < -0.3 is 29.6 Å². The first-order chi connectivity index (χ1) is 25.1. The van der Waals surface area contributed by atoms with Gasteiger partial charge in [0.25, 0.3) is 19.4 Å². The molecule has 52 heavy (non-hydrogen) atoms. The van der Waals surface area contributed by atoms with Crippen LogP contribution in [0.3, 0.4) is 0 Å². The van der Waals surface area contributed by atoms with E-state index in [4.69, 9.17) is 18.9 Å². The molecule has 4 aromatic rings. The van der Waals surface area contributed by atoms with Crippen LogP contribution >= 0.6 is 0 Å². The fraction of sp³-hybridized carbons (Fsp3) is 0.308. The molecule has 0 aliphatic carbocycles. The summed E-state index contributed by atoms with van der Waals surface area (Å²) >= 11 is 0. The topological polar surface area (TPSA) is 154 Å². The van der Waals surface area contributed by atoms with Crippen LogP contribution in [0.5, 0.6) is 0 Å². The van der Waals surface area contributed by atoms with Gasteiger partial charge in [0, 0.05) is 24.6 Å². The lowest BCUT2D eigenvalue weighted by Gasteiger charge is -2.16. The van der Waals surface area contributed by atoms with E-state index in [2.05, 4.69) is 10.6 Å². The third-order valence-electron chi connectivity index (χ3n) is 7.80. The van der Waals surface area contributed by atoms with E-state index in [1.807, 2.05) is 74.5 Å². The van der Waals surface area contributed by atoms with E-state index in [0.717, 1.165) is 24.7 Å². The number of alkyl carbamates (subject to hydrolysis) is 1. The number of pyridine rings is 2. The van der Waals surface area contributed by atoms with Gasteiger partial charge in [-0.25, -0.2) is 14.4 Å². The molecule has 272 valence electrons. The summed E-state index contributed by atoms with van der Waals surface area (Å²) in [6, 6.07) is 24.3. The standard InChI is InChI=1S/C39H42N4O9/c1-28(20-30-12-6-4-7-13-30)21-35(44)51-26-42-18-10-16-32(23-42)36(45)41-34(38(47)49-3)25-50-37(46)33-17-11-19-43(24-33)27-52-39(48)40-29(2)22-31-14-8-5-9-15-31/h4-19,23-24,28-29,34H,20-22,25-27H2,1-3H3/p+2/t28-,29-,34-/m0/s1. The maximum atomic E-state index is 13.1. The van der Waals surface area contributed by atoms with Crippen LogP contribution in [0.4, 0.5) is 4.79 Å². The number of carbonyl (C=O) groups excluding carboxylic acids is 5. The minimum absolute atomic E-state index is 0.0795. The first-order valence-corrected chi connectivity index (χ1v) is 16.8. The fourth-order valence-corrected chi connectivity index (χ4v) is 5.23. The molecular weight excluding hydrogens is 668 g/mol. The van der Waals surface area contributed by atoms with Crippen molar-refractivity contribution in [1.82, 2.24) is 10.6 Å². The lowest BCUT2D eigenvalue weighted by molar-refractivity contribution is -0.727. The number of methoxy groups -OCH3 is 1. The van der Waals surface area contributed by atoms with Crippen molar-refractivity contribution in [1.29, 1.82) is 0 Å². The van der Waals surface area contributed by atoms with Gasteiger partial charge >= 0.3 is 24.0 Å². The molecule has 0 saturated carbocycles. The van der Waals surface area contributed by atoms with E-state index < -0.39 is 36.6 Å². The summed E-state index contributed by atoms with van der Waals surface area (Å²) in [6.07, 6.45) is 7.12. The highest BCUT2D eigenvalue weighted by Crippen LogP contribution is 2.12. The van der Waals surface area contributed by atoms with Crippen molar-refractivity contribution in [2.75, 3.05) is 13.7 Å². The second-order valence-corrected chi connectivity index (χ2v) is 12.3. The maximum Gasteiger partial charge on any atom is 0.412 e. The SMILES string of the molecule is COC(=O)[C@H](COC(=O)c1ccc[n+](COC(=O)N[C@@H](C)Cc2ccccc2)c1)NC(=O)c1ccc[n+](COC(=O)C[C@@H](C)Cc2ccccc2)c1. The fourth-order valence-electron chi connectivity index (χ4n) is 5.23. The Balaban J connectivity index is 1.24. The van der Waals surface area contributed by atoms with Crippen LogP contribution in [0.25, 0.3) is 0 Å². The zero-order chi connectivity index (χ0) is 37.3. The molecule has 13 nitrogen and oxygen atoms in total. The van der Waals surface area contributed by atoms with Crippen molar-refractivity contribution in [3.05, 3.63) is 132 Å². The number of nitrogens with one attached hydrogen (secondary N) is 2. The number of aromatic nitrogens is 2. The lowest BCUT2D eigenvalue weighted by Crippen LogP contribution is -2.46. The minimum atomic E-state index is -1.32. The van der Waals surface area contributed by atoms with Crippen molar-refractivity contribution >= 4 is 29.9 Å². The van der Waals surface area contributed by atoms with Crippen LogP contribution < -0.4 is 19.8 Å². The van der Waals surface area contributed by atoms with E-state index in [9.17, 15) is 24.0 Å². The molecule has 0 saturated heterocycles. The van der Waals surface area contributed by atoms with Crippen molar-refractivity contribution in [3.63, 3.8) is 0 Å². The van der Waals surface area contributed by atoms with Crippen LogP contribution in [0, 0.1) is 5.92 Å². The Morgan fingerprint density at radius 1 is 0.673 bits per heavy atom. The van der Waals surface area contributed by atoms with Crippen LogP contribution in [0.15, 0.2) is 110 Å². The number of esters is 3. The molecule has 3 atom stereocenters. The Hall–Kier alpha value is -6.11. The number of ether oxygens (including phenoxy) is 4. The molecule has 4 rings (SSSR count). The largest absolute Gasteiger partial charge is 0.467 e. The summed E-state index contributed by atoms with van der Waals surface area (Å²) in [5, 5.41) is 5.30. The molecule has 0 aliphatic heterocycles. The molecule has 2 aromatic carbocycles. The average Bonchev–Trinajstić information content (AvgIpc) is 3.15. The second-order valence-electron chi connectivity index (χ2n) is 12.3. The summed E-state index contributed by atoms with van der Waals surface area (Å²) < 4.78 is 23.9. The molecular formula is C39H44N4O9+2. The van der Waals surface area contributed by atoms with Crippen LogP contribution in [0.2, 0.25) is 0 Å².